The first-order valence-corrected chi connectivity index (χ1v) is 11.2. The molecule has 0 spiro atoms. The van der Waals surface area contributed by atoms with Crippen molar-refractivity contribution in [3.05, 3.63) is 51.7 Å². The maximum atomic E-state index is 14.2. The van der Waals surface area contributed by atoms with Crippen LogP contribution in [0.25, 0.3) is 0 Å². The molecular formula is C20H21FN4O6S. The molecule has 1 saturated heterocycles. The fourth-order valence-corrected chi connectivity index (χ4v) is 4.92. The van der Waals surface area contributed by atoms with Crippen molar-refractivity contribution < 1.29 is 27.2 Å². The minimum absolute atomic E-state index is 0.0425. The molecule has 0 saturated carbocycles. The average Bonchev–Trinajstić information content (AvgIpc) is 2.69. The molecule has 2 aromatic rings. The number of rotatable bonds is 6. The van der Waals surface area contributed by atoms with Crippen molar-refractivity contribution in [1.82, 2.24) is 9.97 Å². The zero-order valence-corrected chi connectivity index (χ0v) is 18.4. The summed E-state index contributed by atoms with van der Waals surface area (Å²) in [4.78, 5) is 18.2. The van der Waals surface area contributed by atoms with Crippen LogP contribution in [0.1, 0.15) is 43.5 Å². The molecule has 0 bridgehead atoms. The van der Waals surface area contributed by atoms with Gasteiger partial charge in [0.15, 0.2) is 5.69 Å². The highest BCUT2D eigenvalue weighted by Gasteiger charge is 2.42. The van der Waals surface area contributed by atoms with Crippen molar-refractivity contribution >= 4 is 15.5 Å². The van der Waals surface area contributed by atoms with Crippen LogP contribution in [-0.4, -0.2) is 41.6 Å². The van der Waals surface area contributed by atoms with E-state index in [1.807, 2.05) is 0 Å². The zero-order chi connectivity index (χ0) is 23.7. The summed E-state index contributed by atoms with van der Waals surface area (Å²) in [6.45, 7) is 5.41. The third-order valence-electron chi connectivity index (χ3n) is 5.11. The van der Waals surface area contributed by atoms with Crippen molar-refractivity contribution in [2.24, 2.45) is 0 Å². The first-order valence-electron chi connectivity index (χ1n) is 9.70. The lowest BCUT2D eigenvalue weighted by Crippen LogP contribution is -2.46. The highest BCUT2D eigenvalue weighted by Crippen LogP contribution is 2.39. The molecule has 1 aliphatic rings. The zero-order valence-electron chi connectivity index (χ0n) is 17.6. The minimum atomic E-state index is -4.69. The number of hydrogen-bond acceptors (Lipinski definition) is 9. The molecule has 1 aliphatic heterocycles. The van der Waals surface area contributed by atoms with Gasteiger partial charge in [0, 0.05) is 6.61 Å². The van der Waals surface area contributed by atoms with Crippen LogP contribution in [0.2, 0.25) is 0 Å². The maximum absolute atomic E-state index is 14.2. The van der Waals surface area contributed by atoms with Crippen molar-refractivity contribution in [2.45, 2.75) is 55.5 Å². The molecule has 1 aromatic carbocycles. The third kappa shape index (κ3) is 4.39. The predicted molar refractivity (Wildman–Crippen MR) is 109 cm³/mol. The SMILES string of the molecule is Cc1nc(OC2CCCOC2(C)C)c([N+](=O)[O-])c(C(C#N)S(=O)(=O)c2ccccc2F)n1. The molecule has 2 unspecified atom stereocenters. The number of ether oxygens (including phenoxy) is 2. The summed E-state index contributed by atoms with van der Waals surface area (Å²) in [5.74, 6) is -1.59. The molecule has 3 rings (SSSR count). The lowest BCUT2D eigenvalue weighted by molar-refractivity contribution is -0.387. The van der Waals surface area contributed by atoms with E-state index < -0.39 is 59.7 Å². The summed E-state index contributed by atoms with van der Waals surface area (Å²) in [5.41, 5.74) is -2.32. The van der Waals surface area contributed by atoms with Crippen molar-refractivity contribution in [3.8, 4) is 11.9 Å². The monoisotopic (exact) mass is 464 g/mol. The van der Waals surface area contributed by atoms with Crippen LogP contribution in [0.4, 0.5) is 10.1 Å². The summed E-state index contributed by atoms with van der Waals surface area (Å²) >= 11 is 0. The molecule has 0 amide bonds. The molecule has 12 heteroatoms. The first kappa shape index (κ1) is 23.5. The number of hydrogen-bond donors (Lipinski definition) is 0. The maximum Gasteiger partial charge on any atom is 0.354 e. The molecule has 10 nitrogen and oxygen atoms in total. The Morgan fingerprint density at radius 3 is 2.66 bits per heavy atom. The Morgan fingerprint density at radius 2 is 2.06 bits per heavy atom. The Balaban J connectivity index is 2.17. The van der Waals surface area contributed by atoms with Crippen LogP contribution >= 0.6 is 0 Å². The van der Waals surface area contributed by atoms with Crippen LogP contribution in [0.5, 0.6) is 5.88 Å². The topological polar surface area (TPSA) is 145 Å². The number of halogens is 1. The van der Waals surface area contributed by atoms with Crippen molar-refractivity contribution in [1.29, 1.82) is 5.26 Å². The Bertz CT molecular complexity index is 1200. The highest BCUT2D eigenvalue weighted by atomic mass is 32.2. The molecule has 0 radical (unpaired) electrons. The summed E-state index contributed by atoms with van der Waals surface area (Å²) in [5, 5.41) is 19.5. The van der Waals surface area contributed by atoms with Gasteiger partial charge in [0.25, 0.3) is 5.88 Å². The second-order valence-corrected chi connectivity index (χ2v) is 9.75. The largest absolute Gasteiger partial charge is 0.466 e. The molecule has 1 aromatic heterocycles. The van der Waals surface area contributed by atoms with Crippen LogP contribution in [0.3, 0.4) is 0 Å². The lowest BCUT2D eigenvalue weighted by atomic mass is 9.94. The van der Waals surface area contributed by atoms with Gasteiger partial charge in [-0.2, -0.15) is 10.2 Å². The van der Waals surface area contributed by atoms with Crippen molar-refractivity contribution in [2.75, 3.05) is 6.61 Å². The Kier molecular flexibility index (Phi) is 6.43. The van der Waals surface area contributed by atoms with E-state index in [0.717, 1.165) is 12.1 Å². The van der Waals surface area contributed by atoms with Gasteiger partial charge in [-0.05, 0) is 45.7 Å². The van der Waals surface area contributed by atoms with Gasteiger partial charge < -0.3 is 9.47 Å². The molecule has 2 atom stereocenters. The van der Waals surface area contributed by atoms with Crippen LogP contribution < -0.4 is 4.74 Å². The summed E-state index contributed by atoms with van der Waals surface area (Å²) in [7, 11) is -4.69. The second kappa shape index (κ2) is 8.76. The normalized spacial score (nSPS) is 19.0. The number of nitriles is 1. The van der Waals surface area contributed by atoms with E-state index in [1.165, 1.54) is 25.1 Å². The van der Waals surface area contributed by atoms with Crippen LogP contribution in [-0.2, 0) is 14.6 Å². The molecule has 0 aliphatic carbocycles. The van der Waals surface area contributed by atoms with Crippen molar-refractivity contribution in [3.63, 3.8) is 0 Å². The number of nitrogens with zero attached hydrogens (tertiary/aromatic N) is 4. The number of benzene rings is 1. The number of aryl methyl sites for hydroxylation is 1. The lowest BCUT2D eigenvalue weighted by Gasteiger charge is -2.37. The average molecular weight is 464 g/mol. The summed E-state index contributed by atoms with van der Waals surface area (Å²) in [6, 6.07) is 5.99. The Hall–Kier alpha value is -3.17. The van der Waals surface area contributed by atoms with E-state index in [2.05, 4.69) is 9.97 Å². The van der Waals surface area contributed by atoms with Gasteiger partial charge in [0.2, 0.25) is 15.1 Å². The van der Waals surface area contributed by atoms with E-state index in [9.17, 15) is 28.2 Å². The van der Waals surface area contributed by atoms with E-state index in [0.29, 0.717) is 19.4 Å². The molecule has 0 N–H and O–H groups in total. The molecule has 32 heavy (non-hydrogen) atoms. The predicted octanol–water partition coefficient (Wildman–Crippen LogP) is 3.21. The van der Waals surface area contributed by atoms with Gasteiger partial charge in [0.1, 0.15) is 22.6 Å². The van der Waals surface area contributed by atoms with Crippen LogP contribution in [0.15, 0.2) is 29.2 Å². The van der Waals surface area contributed by atoms with Gasteiger partial charge in [-0.15, -0.1) is 0 Å². The van der Waals surface area contributed by atoms with E-state index in [1.54, 1.807) is 13.8 Å². The van der Waals surface area contributed by atoms with Gasteiger partial charge in [-0.25, -0.2) is 17.8 Å². The minimum Gasteiger partial charge on any atom is -0.466 e. The quantitative estimate of drug-likeness (QED) is 0.464. The summed E-state index contributed by atoms with van der Waals surface area (Å²) in [6.07, 6.45) is 0.569. The number of sulfone groups is 1. The number of aromatic nitrogens is 2. The van der Waals surface area contributed by atoms with Gasteiger partial charge in [-0.3, -0.25) is 10.1 Å². The van der Waals surface area contributed by atoms with Gasteiger partial charge in [-0.1, -0.05) is 12.1 Å². The first-order chi connectivity index (χ1) is 15.0. The highest BCUT2D eigenvalue weighted by molar-refractivity contribution is 7.92. The molecule has 1 fully saturated rings. The van der Waals surface area contributed by atoms with Crippen LogP contribution in [0, 0.1) is 34.2 Å². The third-order valence-corrected chi connectivity index (χ3v) is 7.00. The standard InChI is InChI=1S/C20H21FN4O6S/c1-12-23-17(15(11-22)32(28,29)14-8-5-4-7-13(14)21)18(25(26)27)19(24-12)31-16-9-6-10-30-20(16,2)3/h4-5,7-8,15-16H,6,9-10H2,1-3H3. The fourth-order valence-electron chi connectivity index (χ4n) is 3.46. The smallest absolute Gasteiger partial charge is 0.354 e. The Morgan fingerprint density at radius 1 is 1.38 bits per heavy atom. The molecular weight excluding hydrogens is 443 g/mol. The fraction of sp³-hybridized carbons (Fsp3) is 0.450. The van der Waals surface area contributed by atoms with E-state index in [-0.39, 0.29) is 5.82 Å². The Labute approximate surface area is 184 Å². The molecule has 170 valence electrons. The van der Waals surface area contributed by atoms with Gasteiger partial charge in [0.05, 0.1) is 16.6 Å². The second-order valence-electron chi connectivity index (χ2n) is 7.75. The number of nitro groups is 1. The van der Waals surface area contributed by atoms with E-state index >= 15 is 0 Å². The van der Waals surface area contributed by atoms with Gasteiger partial charge >= 0.3 is 5.69 Å². The molecule has 2 heterocycles. The summed E-state index contributed by atoms with van der Waals surface area (Å²) < 4.78 is 51.9. The van der Waals surface area contributed by atoms with E-state index in [4.69, 9.17) is 9.47 Å².